The van der Waals surface area contributed by atoms with E-state index in [1.807, 2.05) is 10.8 Å². The molecule has 1 aromatic rings. The van der Waals surface area contributed by atoms with Crippen LogP contribution in [0.25, 0.3) is 0 Å². The number of ether oxygens (including phenoxy) is 3. The van der Waals surface area contributed by atoms with E-state index >= 15 is 0 Å². The zero-order valence-electron chi connectivity index (χ0n) is 9.98. The highest BCUT2D eigenvalue weighted by atomic mass is 32.1. The summed E-state index contributed by atoms with van der Waals surface area (Å²) in [5.41, 5.74) is -0.133. The number of fused-ring (bicyclic) bond motifs is 1. The van der Waals surface area contributed by atoms with Crippen LogP contribution < -0.4 is 9.47 Å². The first-order chi connectivity index (χ1) is 8.23. The van der Waals surface area contributed by atoms with Gasteiger partial charge in [0.05, 0.1) is 25.2 Å². The Hall–Kier alpha value is -0.780. The van der Waals surface area contributed by atoms with E-state index in [0.717, 1.165) is 11.5 Å². The van der Waals surface area contributed by atoms with Gasteiger partial charge in [-0.05, 0) is 6.42 Å². The van der Waals surface area contributed by atoms with Crippen molar-refractivity contribution in [3.63, 3.8) is 0 Å². The molecule has 0 spiro atoms. The lowest BCUT2D eigenvalue weighted by Gasteiger charge is -2.25. The second-order valence-corrected chi connectivity index (χ2v) is 5.36. The lowest BCUT2D eigenvalue weighted by atomic mass is 9.94. The van der Waals surface area contributed by atoms with E-state index in [4.69, 9.17) is 19.3 Å². The molecule has 0 amide bonds. The Morgan fingerprint density at radius 1 is 1.35 bits per heavy atom. The average molecular weight is 258 g/mol. The molecule has 0 unspecified atom stereocenters. The number of thiophene rings is 1. The predicted octanol–water partition coefficient (Wildman–Crippen LogP) is 1.92. The highest BCUT2D eigenvalue weighted by Crippen LogP contribution is 2.36. The van der Waals surface area contributed by atoms with Crippen LogP contribution in [-0.4, -0.2) is 38.1 Å². The fourth-order valence-corrected chi connectivity index (χ4v) is 2.28. The molecular formula is C12H18O4S. The number of hydrogen-bond acceptors (Lipinski definition) is 5. The van der Waals surface area contributed by atoms with Crippen molar-refractivity contribution in [2.24, 2.45) is 5.41 Å². The van der Waals surface area contributed by atoms with Gasteiger partial charge in [0.2, 0.25) is 0 Å². The molecule has 0 atom stereocenters. The third-order valence-electron chi connectivity index (χ3n) is 2.64. The van der Waals surface area contributed by atoms with Gasteiger partial charge in [0.1, 0.15) is 0 Å². The van der Waals surface area contributed by atoms with E-state index in [0.29, 0.717) is 32.8 Å². The molecule has 0 bridgehead atoms. The van der Waals surface area contributed by atoms with Gasteiger partial charge in [-0.25, -0.2) is 0 Å². The molecule has 1 aliphatic rings. The molecule has 0 saturated heterocycles. The van der Waals surface area contributed by atoms with Gasteiger partial charge in [0.25, 0.3) is 0 Å². The van der Waals surface area contributed by atoms with Crippen LogP contribution in [-0.2, 0) is 4.74 Å². The Morgan fingerprint density at radius 2 is 2.00 bits per heavy atom. The number of aliphatic hydroxyl groups is 1. The summed E-state index contributed by atoms with van der Waals surface area (Å²) in [5.74, 6) is 1.66. The highest BCUT2D eigenvalue weighted by Gasteiger charge is 2.30. The van der Waals surface area contributed by atoms with Gasteiger partial charge < -0.3 is 19.3 Å². The lowest BCUT2D eigenvalue weighted by molar-refractivity contribution is 0.00294. The van der Waals surface area contributed by atoms with Crippen LogP contribution in [0.15, 0.2) is 10.8 Å². The maximum absolute atomic E-state index is 8.67. The summed E-state index contributed by atoms with van der Waals surface area (Å²) in [6, 6.07) is 0. The fourth-order valence-electron chi connectivity index (χ4n) is 1.60. The molecule has 0 radical (unpaired) electrons. The first-order valence-electron chi connectivity index (χ1n) is 5.74. The minimum atomic E-state index is -0.133. The number of aliphatic hydroxyl groups excluding tert-OH is 1. The van der Waals surface area contributed by atoms with E-state index in [-0.39, 0.29) is 12.0 Å². The molecule has 0 fully saturated rings. The van der Waals surface area contributed by atoms with Crippen LogP contribution in [0.4, 0.5) is 0 Å². The molecule has 96 valence electrons. The summed E-state index contributed by atoms with van der Waals surface area (Å²) < 4.78 is 17.0. The monoisotopic (exact) mass is 258 g/mol. The summed E-state index contributed by atoms with van der Waals surface area (Å²) in [6.45, 7) is 4.60. The third-order valence-corrected chi connectivity index (χ3v) is 3.34. The van der Waals surface area contributed by atoms with E-state index in [1.54, 1.807) is 11.3 Å². The SMILES string of the molecule is CC1(COCCCO)COc2cscc2OC1. The van der Waals surface area contributed by atoms with Gasteiger partial charge in [-0.3, -0.25) is 0 Å². The molecule has 0 aromatic carbocycles. The van der Waals surface area contributed by atoms with Crippen LogP contribution in [0.3, 0.4) is 0 Å². The van der Waals surface area contributed by atoms with Crippen molar-refractivity contribution in [2.45, 2.75) is 13.3 Å². The lowest BCUT2D eigenvalue weighted by Crippen LogP contribution is -2.35. The Morgan fingerprint density at radius 3 is 2.59 bits per heavy atom. The van der Waals surface area contributed by atoms with Crippen LogP contribution in [0, 0.1) is 5.41 Å². The van der Waals surface area contributed by atoms with Crippen molar-refractivity contribution in [1.29, 1.82) is 0 Å². The molecule has 2 rings (SSSR count). The van der Waals surface area contributed by atoms with E-state index < -0.39 is 0 Å². The third kappa shape index (κ3) is 3.34. The maximum atomic E-state index is 8.67. The van der Waals surface area contributed by atoms with Crippen molar-refractivity contribution in [3.05, 3.63) is 10.8 Å². The summed E-state index contributed by atoms with van der Waals surface area (Å²) >= 11 is 1.58. The molecule has 0 saturated carbocycles. The van der Waals surface area contributed by atoms with Gasteiger partial charge in [0, 0.05) is 24.0 Å². The van der Waals surface area contributed by atoms with Crippen LogP contribution in [0.2, 0.25) is 0 Å². The smallest absolute Gasteiger partial charge is 0.171 e. The molecular weight excluding hydrogens is 240 g/mol. The summed E-state index contributed by atoms with van der Waals surface area (Å²) in [6.07, 6.45) is 0.671. The quantitative estimate of drug-likeness (QED) is 0.820. The molecule has 1 aliphatic heterocycles. The first kappa shape index (κ1) is 12.7. The Labute approximate surface area is 105 Å². The topological polar surface area (TPSA) is 47.9 Å². The fraction of sp³-hybridized carbons (Fsp3) is 0.667. The predicted molar refractivity (Wildman–Crippen MR) is 65.9 cm³/mol. The maximum Gasteiger partial charge on any atom is 0.171 e. The molecule has 5 heteroatoms. The zero-order chi connectivity index (χ0) is 12.1. The molecule has 2 heterocycles. The van der Waals surface area contributed by atoms with Gasteiger partial charge in [0.15, 0.2) is 11.5 Å². The Balaban J connectivity index is 1.84. The molecule has 4 nitrogen and oxygen atoms in total. The van der Waals surface area contributed by atoms with E-state index in [2.05, 4.69) is 6.92 Å². The second kappa shape index (κ2) is 5.71. The number of rotatable bonds is 5. The molecule has 1 aromatic heterocycles. The van der Waals surface area contributed by atoms with Crippen LogP contribution in [0.5, 0.6) is 11.5 Å². The van der Waals surface area contributed by atoms with Gasteiger partial charge in [-0.15, -0.1) is 11.3 Å². The van der Waals surface area contributed by atoms with Gasteiger partial charge in [-0.1, -0.05) is 6.92 Å². The normalized spacial score (nSPS) is 17.8. The van der Waals surface area contributed by atoms with Crippen molar-refractivity contribution >= 4 is 11.3 Å². The molecule has 1 N–H and O–H groups in total. The van der Waals surface area contributed by atoms with Crippen molar-refractivity contribution < 1.29 is 19.3 Å². The minimum absolute atomic E-state index is 0.133. The van der Waals surface area contributed by atoms with Crippen molar-refractivity contribution in [1.82, 2.24) is 0 Å². The average Bonchev–Trinajstić information content (AvgIpc) is 2.72. The van der Waals surface area contributed by atoms with Gasteiger partial charge in [-0.2, -0.15) is 0 Å². The van der Waals surface area contributed by atoms with Crippen LogP contribution in [0.1, 0.15) is 13.3 Å². The minimum Gasteiger partial charge on any atom is -0.488 e. The molecule has 17 heavy (non-hydrogen) atoms. The first-order valence-corrected chi connectivity index (χ1v) is 6.68. The Kier molecular flexibility index (Phi) is 4.25. The standard InChI is InChI=1S/C12H18O4S/c1-12(7-14-4-2-3-13)8-15-10-5-17-6-11(10)16-9-12/h5-6,13H,2-4,7-9H2,1H3. The summed E-state index contributed by atoms with van der Waals surface area (Å²) in [7, 11) is 0. The second-order valence-electron chi connectivity index (χ2n) is 4.62. The van der Waals surface area contributed by atoms with E-state index in [1.165, 1.54) is 0 Å². The van der Waals surface area contributed by atoms with E-state index in [9.17, 15) is 0 Å². The summed E-state index contributed by atoms with van der Waals surface area (Å²) in [4.78, 5) is 0. The number of hydrogen-bond donors (Lipinski definition) is 1. The Bertz CT molecular complexity index is 328. The van der Waals surface area contributed by atoms with Crippen molar-refractivity contribution in [2.75, 3.05) is 33.0 Å². The largest absolute Gasteiger partial charge is 0.488 e. The van der Waals surface area contributed by atoms with Crippen LogP contribution >= 0.6 is 11.3 Å². The summed E-state index contributed by atoms with van der Waals surface area (Å²) in [5, 5.41) is 12.6. The van der Waals surface area contributed by atoms with Crippen molar-refractivity contribution in [3.8, 4) is 11.5 Å². The van der Waals surface area contributed by atoms with Gasteiger partial charge >= 0.3 is 0 Å². The molecule has 0 aliphatic carbocycles. The highest BCUT2D eigenvalue weighted by molar-refractivity contribution is 7.08. The zero-order valence-corrected chi connectivity index (χ0v) is 10.8.